The van der Waals surface area contributed by atoms with E-state index >= 15 is 0 Å². The lowest BCUT2D eigenvalue weighted by Crippen LogP contribution is -2.25. The van der Waals surface area contributed by atoms with Crippen molar-refractivity contribution in [3.63, 3.8) is 0 Å². The summed E-state index contributed by atoms with van der Waals surface area (Å²) in [5.74, 6) is -0.130. The average molecular weight is 293 g/mol. The van der Waals surface area contributed by atoms with E-state index < -0.39 is 20.8 Å². The molecule has 0 radical (unpaired) electrons. The molecule has 0 bridgehead atoms. The van der Waals surface area contributed by atoms with Gasteiger partial charge >= 0.3 is 0 Å². The van der Waals surface area contributed by atoms with E-state index in [-0.39, 0.29) is 22.2 Å². The summed E-state index contributed by atoms with van der Waals surface area (Å²) in [5, 5.41) is 13.8. The summed E-state index contributed by atoms with van der Waals surface area (Å²) in [6.45, 7) is 1.62. The largest absolute Gasteiger partial charge is 0.375 e. The van der Waals surface area contributed by atoms with Crippen molar-refractivity contribution in [3.05, 3.63) is 33.3 Å². The number of nitro benzene ring substituents is 1. The Balaban J connectivity index is 3.00. The number of hydrogen-bond acceptors (Lipinski definition) is 5. The summed E-state index contributed by atoms with van der Waals surface area (Å²) in [4.78, 5) is 10.3. The Bertz CT molecular complexity index is 559. The minimum atomic E-state index is -3.16. The van der Waals surface area contributed by atoms with Crippen LogP contribution in [0.2, 0.25) is 5.02 Å². The van der Waals surface area contributed by atoms with Gasteiger partial charge in [0, 0.05) is 18.4 Å². The van der Waals surface area contributed by atoms with E-state index in [0.717, 1.165) is 6.26 Å². The zero-order chi connectivity index (χ0) is 13.9. The number of halogens is 1. The highest BCUT2D eigenvalue weighted by Crippen LogP contribution is 2.32. The standard InChI is InChI=1S/C10H13ClN2O4S/c1-7(6-18(2,16)17)12-10-8(11)4-3-5-9(10)13(14)15/h3-5,7,12H,6H2,1-2H3. The number of nitrogens with one attached hydrogen (secondary N) is 1. The monoisotopic (exact) mass is 292 g/mol. The van der Waals surface area contributed by atoms with Gasteiger partial charge in [0.05, 0.1) is 15.7 Å². The molecule has 1 aromatic carbocycles. The van der Waals surface area contributed by atoms with Gasteiger partial charge in [-0.1, -0.05) is 17.7 Å². The molecule has 0 fully saturated rings. The lowest BCUT2D eigenvalue weighted by Gasteiger charge is -2.15. The number of nitrogens with zero attached hydrogens (tertiary/aromatic N) is 1. The molecule has 1 atom stereocenters. The molecule has 0 amide bonds. The van der Waals surface area contributed by atoms with Gasteiger partial charge < -0.3 is 5.32 Å². The summed E-state index contributed by atoms with van der Waals surface area (Å²) >= 11 is 5.87. The van der Waals surface area contributed by atoms with E-state index in [1.807, 2.05) is 0 Å². The zero-order valence-corrected chi connectivity index (χ0v) is 11.5. The summed E-state index contributed by atoms with van der Waals surface area (Å²) in [6.07, 6.45) is 1.10. The first-order chi connectivity index (χ1) is 8.20. The molecule has 0 spiro atoms. The van der Waals surface area contributed by atoms with Gasteiger partial charge in [-0.3, -0.25) is 10.1 Å². The molecule has 18 heavy (non-hydrogen) atoms. The van der Waals surface area contributed by atoms with Crippen LogP contribution in [0.4, 0.5) is 11.4 Å². The minimum absolute atomic E-state index is 0.130. The maximum absolute atomic E-state index is 11.1. The van der Waals surface area contributed by atoms with Crippen LogP contribution >= 0.6 is 11.6 Å². The Hall–Kier alpha value is -1.34. The molecule has 1 unspecified atom stereocenters. The zero-order valence-electron chi connectivity index (χ0n) is 9.88. The second-order valence-electron chi connectivity index (χ2n) is 4.03. The molecule has 0 heterocycles. The van der Waals surface area contributed by atoms with E-state index in [2.05, 4.69) is 5.32 Å². The van der Waals surface area contributed by atoms with Crippen molar-refractivity contribution in [2.24, 2.45) is 0 Å². The second-order valence-corrected chi connectivity index (χ2v) is 6.62. The van der Waals surface area contributed by atoms with Crippen molar-refractivity contribution >= 4 is 32.8 Å². The Morgan fingerprint density at radius 3 is 2.61 bits per heavy atom. The third-order valence-corrected chi connectivity index (χ3v) is 3.55. The van der Waals surface area contributed by atoms with Crippen LogP contribution in [0.15, 0.2) is 18.2 Å². The molecule has 1 rings (SSSR count). The van der Waals surface area contributed by atoms with E-state index in [9.17, 15) is 18.5 Å². The molecule has 1 N–H and O–H groups in total. The number of nitro groups is 1. The summed E-state index contributed by atoms with van der Waals surface area (Å²) < 4.78 is 22.3. The molecule has 6 nitrogen and oxygen atoms in total. The summed E-state index contributed by atoms with van der Waals surface area (Å²) in [7, 11) is -3.16. The third kappa shape index (κ3) is 4.15. The number of anilines is 1. The van der Waals surface area contributed by atoms with Gasteiger partial charge in [-0.05, 0) is 13.0 Å². The topological polar surface area (TPSA) is 89.3 Å². The highest BCUT2D eigenvalue weighted by Gasteiger charge is 2.19. The van der Waals surface area contributed by atoms with Crippen LogP contribution < -0.4 is 5.32 Å². The predicted molar refractivity (Wildman–Crippen MR) is 70.9 cm³/mol. The summed E-state index contributed by atoms with van der Waals surface area (Å²) in [6, 6.07) is 3.80. The Morgan fingerprint density at radius 1 is 1.50 bits per heavy atom. The first-order valence-corrected chi connectivity index (χ1v) is 7.51. The number of rotatable bonds is 5. The van der Waals surface area contributed by atoms with E-state index in [1.165, 1.54) is 18.2 Å². The smallest absolute Gasteiger partial charge is 0.293 e. The van der Waals surface area contributed by atoms with Crippen LogP contribution in [0.25, 0.3) is 0 Å². The highest BCUT2D eigenvalue weighted by atomic mass is 35.5. The maximum atomic E-state index is 11.1. The molecular formula is C10H13ClN2O4S. The second kappa shape index (κ2) is 5.53. The van der Waals surface area contributed by atoms with Gasteiger partial charge in [-0.25, -0.2) is 8.42 Å². The first-order valence-electron chi connectivity index (χ1n) is 5.08. The van der Waals surface area contributed by atoms with E-state index in [4.69, 9.17) is 11.6 Å². The minimum Gasteiger partial charge on any atom is -0.375 e. The van der Waals surface area contributed by atoms with Crippen molar-refractivity contribution in [3.8, 4) is 0 Å². The maximum Gasteiger partial charge on any atom is 0.293 e. The molecular weight excluding hydrogens is 280 g/mol. The molecule has 8 heteroatoms. The van der Waals surface area contributed by atoms with Gasteiger partial charge in [0.2, 0.25) is 0 Å². The van der Waals surface area contributed by atoms with Crippen LogP contribution in [0.1, 0.15) is 6.92 Å². The summed E-state index contributed by atoms with van der Waals surface area (Å²) in [5.41, 5.74) is -0.0387. The van der Waals surface area contributed by atoms with Crippen molar-refractivity contribution in [2.75, 3.05) is 17.3 Å². The van der Waals surface area contributed by atoms with Crippen molar-refractivity contribution in [1.29, 1.82) is 0 Å². The molecule has 0 aromatic heterocycles. The molecule has 0 aliphatic carbocycles. The normalized spacial score (nSPS) is 13.1. The van der Waals surface area contributed by atoms with Crippen LogP contribution in [0.5, 0.6) is 0 Å². The SMILES string of the molecule is CC(CS(C)(=O)=O)Nc1c(Cl)cccc1[N+](=O)[O-]. The average Bonchev–Trinajstić information content (AvgIpc) is 2.17. The Kier molecular flexibility index (Phi) is 4.53. The lowest BCUT2D eigenvalue weighted by molar-refractivity contribution is -0.384. The number of sulfone groups is 1. The van der Waals surface area contributed by atoms with Gasteiger partial charge in [0.15, 0.2) is 0 Å². The van der Waals surface area contributed by atoms with Crippen LogP contribution in [0.3, 0.4) is 0 Å². The van der Waals surface area contributed by atoms with Crippen molar-refractivity contribution in [2.45, 2.75) is 13.0 Å². The Morgan fingerprint density at radius 2 is 2.11 bits per heavy atom. The number of hydrogen-bond donors (Lipinski definition) is 1. The number of para-hydroxylation sites is 1. The molecule has 0 aliphatic rings. The van der Waals surface area contributed by atoms with E-state index in [0.29, 0.717) is 0 Å². The van der Waals surface area contributed by atoms with Crippen LogP contribution in [0, 0.1) is 10.1 Å². The van der Waals surface area contributed by atoms with Crippen LogP contribution in [-0.4, -0.2) is 31.4 Å². The van der Waals surface area contributed by atoms with Gasteiger partial charge in [-0.2, -0.15) is 0 Å². The fraction of sp³-hybridized carbons (Fsp3) is 0.400. The molecule has 0 saturated heterocycles. The Labute approximate surface area is 110 Å². The molecule has 100 valence electrons. The molecule has 0 aliphatic heterocycles. The predicted octanol–water partition coefficient (Wildman–Crippen LogP) is 2.09. The van der Waals surface area contributed by atoms with Gasteiger partial charge in [0.25, 0.3) is 5.69 Å². The molecule has 0 saturated carbocycles. The third-order valence-electron chi connectivity index (χ3n) is 2.13. The number of benzene rings is 1. The fourth-order valence-corrected chi connectivity index (χ4v) is 2.77. The first kappa shape index (κ1) is 14.7. The van der Waals surface area contributed by atoms with Crippen molar-refractivity contribution in [1.82, 2.24) is 0 Å². The van der Waals surface area contributed by atoms with Gasteiger partial charge in [-0.15, -0.1) is 0 Å². The fourth-order valence-electron chi connectivity index (χ4n) is 1.55. The quantitative estimate of drug-likeness (QED) is 0.663. The van der Waals surface area contributed by atoms with Crippen molar-refractivity contribution < 1.29 is 13.3 Å². The van der Waals surface area contributed by atoms with Gasteiger partial charge in [0.1, 0.15) is 15.5 Å². The highest BCUT2D eigenvalue weighted by molar-refractivity contribution is 7.90. The van der Waals surface area contributed by atoms with E-state index in [1.54, 1.807) is 6.92 Å². The molecule has 1 aromatic rings. The lowest BCUT2D eigenvalue weighted by atomic mass is 10.2. The van der Waals surface area contributed by atoms with Crippen LogP contribution in [-0.2, 0) is 9.84 Å².